The van der Waals surface area contributed by atoms with Crippen LogP contribution in [0, 0.1) is 5.41 Å². The van der Waals surface area contributed by atoms with Gasteiger partial charge in [0.15, 0.2) is 0 Å². The molecular formula is C19H27NO4. The summed E-state index contributed by atoms with van der Waals surface area (Å²) in [7, 11) is 1.65. The minimum absolute atomic E-state index is 0.0810. The number of fused-ring (bicyclic) bond motifs is 1. The van der Waals surface area contributed by atoms with Crippen molar-refractivity contribution in [1.82, 2.24) is 5.32 Å². The molecule has 24 heavy (non-hydrogen) atoms. The lowest BCUT2D eigenvalue weighted by Crippen LogP contribution is -2.73. The number of furan rings is 1. The Balaban J connectivity index is 1.72. The van der Waals surface area contributed by atoms with Crippen LogP contribution in [0.2, 0.25) is 0 Å². The third-order valence-electron chi connectivity index (χ3n) is 5.59. The number of aliphatic hydroxyl groups is 1. The SMILES string of the molecule is CCO[C@H]1C[C@@](CO)(NCc2cc3cc(OC)ccc3o2)C1(C)C. The van der Waals surface area contributed by atoms with Crippen molar-refractivity contribution in [3.05, 3.63) is 30.0 Å². The molecule has 0 saturated heterocycles. The van der Waals surface area contributed by atoms with Crippen molar-refractivity contribution >= 4 is 11.0 Å². The summed E-state index contributed by atoms with van der Waals surface area (Å²) in [6, 6.07) is 7.78. The number of hydrogen-bond acceptors (Lipinski definition) is 5. The average Bonchev–Trinajstić information content (AvgIpc) is 2.99. The highest BCUT2D eigenvalue weighted by Gasteiger charge is 2.60. The van der Waals surface area contributed by atoms with Crippen LogP contribution < -0.4 is 10.1 Å². The Kier molecular flexibility index (Phi) is 4.60. The molecule has 1 fully saturated rings. The predicted molar refractivity (Wildman–Crippen MR) is 93.2 cm³/mol. The van der Waals surface area contributed by atoms with E-state index in [-0.39, 0.29) is 23.7 Å². The number of methoxy groups -OCH3 is 1. The van der Waals surface area contributed by atoms with E-state index in [4.69, 9.17) is 13.9 Å². The normalized spacial score (nSPS) is 25.6. The second kappa shape index (κ2) is 6.39. The Morgan fingerprint density at radius 3 is 2.75 bits per heavy atom. The van der Waals surface area contributed by atoms with E-state index in [1.54, 1.807) is 7.11 Å². The predicted octanol–water partition coefficient (Wildman–Crippen LogP) is 3.10. The first-order valence-electron chi connectivity index (χ1n) is 8.49. The summed E-state index contributed by atoms with van der Waals surface area (Å²) in [5, 5.41) is 14.5. The van der Waals surface area contributed by atoms with Gasteiger partial charge in [0.1, 0.15) is 17.1 Å². The molecule has 132 valence electrons. The van der Waals surface area contributed by atoms with Crippen molar-refractivity contribution in [3.63, 3.8) is 0 Å². The first-order chi connectivity index (χ1) is 11.5. The van der Waals surface area contributed by atoms with Gasteiger partial charge in [-0.25, -0.2) is 0 Å². The molecule has 1 aromatic carbocycles. The van der Waals surface area contributed by atoms with Gasteiger partial charge in [-0.3, -0.25) is 0 Å². The second-order valence-electron chi connectivity index (χ2n) is 7.08. The molecule has 3 rings (SSSR count). The van der Waals surface area contributed by atoms with Crippen LogP contribution in [-0.2, 0) is 11.3 Å². The molecule has 5 nitrogen and oxygen atoms in total. The zero-order valence-corrected chi connectivity index (χ0v) is 14.9. The first-order valence-corrected chi connectivity index (χ1v) is 8.49. The van der Waals surface area contributed by atoms with E-state index in [2.05, 4.69) is 19.2 Å². The maximum absolute atomic E-state index is 9.98. The third-order valence-corrected chi connectivity index (χ3v) is 5.59. The van der Waals surface area contributed by atoms with Gasteiger partial charge >= 0.3 is 0 Å². The number of hydrogen-bond donors (Lipinski definition) is 2. The lowest BCUT2D eigenvalue weighted by Gasteiger charge is -2.60. The number of ether oxygens (including phenoxy) is 2. The van der Waals surface area contributed by atoms with Crippen molar-refractivity contribution < 1.29 is 19.0 Å². The van der Waals surface area contributed by atoms with Crippen LogP contribution in [0.5, 0.6) is 5.75 Å². The fourth-order valence-electron chi connectivity index (χ4n) is 3.65. The summed E-state index contributed by atoms with van der Waals surface area (Å²) in [5.74, 6) is 1.66. The molecule has 1 aliphatic rings. The van der Waals surface area contributed by atoms with Gasteiger partial charge < -0.3 is 24.3 Å². The molecule has 1 saturated carbocycles. The molecule has 0 spiro atoms. The van der Waals surface area contributed by atoms with Crippen LogP contribution in [0.3, 0.4) is 0 Å². The Hall–Kier alpha value is -1.56. The minimum Gasteiger partial charge on any atom is -0.497 e. The zero-order chi connectivity index (χ0) is 17.4. The summed E-state index contributed by atoms with van der Waals surface area (Å²) in [4.78, 5) is 0. The molecule has 1 aromatic heterocycles. The van der Waals surface area contributed by atoms with Crippen molar-refractivity contribution in [2.24, 2.45) is 5.41 Å². The number of benzene rings is 1. The van der Waals surface area contributed by atoms with Crippen LogP contribution in [-0.4, -0.2) is 37.1 Å². The van der Waals surface area contributed by atoms with Crippen LogP contribution in [0.15, 0.2) is 28.7 Å². The minimum atomic E-state index is -0.344. The van der Waals surface area contributed by atoms with Gasteiger partial charge in [0, 0.05) is 17.4 Å². The number of aliphatic hydroxyl groups excluding tert-OH is 1. The van der Waals surface area contributed by atoms with Gasteiger partial charge in [0.25, 0.3) is 0 Å². The van der Waals surface area contributed by atoms with Crippen molar-refractivity contribution in [3.8, 4) is 5.75 Å². The van der Waals surface area contributed by atoms with Crippen molar-refractivity contribution in [2.75, 3.05) is 20.3 Å². The zero-order valence-electron chi connectivity index (χ0n) is 14.9. The van der Waals surface area contributed by atoms with Gasteiger partial charge in [-0.15, -0.1) is 0 Å². The van der Waals surface area contributed by atoms with Gasteiger partial charge in [-0.2, -0.15) is 0 Å². The van der Waals surface area contributed by atoms with Crippen molar-refractivity contribution in [1.29, 1.82) is 0 Å². The van der Waals surface area contributed by atoms with E-state index in [1.165, 1.54) is 0 Å². The molecular weight excluding hydrogens is 306 g/mol. The summed E-state index contributed by atoms with van der Waals surface area (Å²) in [6.07, 6.45) is 0.973. The Bertz CT molecular complexity index is 708. The van der Waals surface area contributed by atoms with Crippen LogP contribution in [0.1, 0.15) is 33.0 Å². The first kappa shape index (κ1) is 17.3. The quantitative estimate of drug-likeness (QED) is 0.815. The van der Waals surface area contributed by atoms with Gasteiger partial charge in [0.05, 0.1) is 31.9 Å². The van der Waals surface area contributed by atoms with Gasteiger partial charge in [-0.05, 0) is 37.6 Å². The second-order valence-corrected chi connectivity index (χ2v) is 7.08. The fourth-order valence-corrected chi connectivity index (χ4v) is 3.65. The van der Waals surface area contributed by atoms with Crippen LogP contribution in [0.25, 0.3) is 11.0 Å². The van der Waals surface area contributed by atoms with E-state index >= 15 is 0 Å². The molecule has 0 unspecified atom stereocenters. The van der Waals surface area contributed by atoms with Crippen LogP contribution in [0.4, 0.5) is 0 Å². The molecule has 0 amide bonds. The lowest BCUT2D eigenvalue weighted by molar-refractivity contribution is -0.178. The molecule has 2 N–H and O–H groups in total. The molecule has 1 aliphatic carbocycles. The fraction of sp³-hybridized carbons (Fsp3) is 0.579. The molecule has 2 atom stereocenters. The largest absolute Gasteiger partial charge is 0.497 e. The van der Waals surface area contributed by atoms with E-state index in [0.717, 1.165) is 28.9 Å². The molecule has 0 aliphatic heterocycles. The highest BCUT2D eigenvalue weighted by Crippen LogP contribution is 2.51. The van der Waals surface area contributed by atoms with Crippen LogP contribution >= 0.6 is 0 Å². The monoisotopic (exact) mass is 333 g/mol. The maximum Gasteiger partial charge on any atom is 0.134 e. The smallest absolute Gasteiger partial charge is 0.134 e. The van der Waals surface area contributed by atoms with E-state index in [9.17, 15) is 5.11 Å². The topological polar surface area (TPSA) is 63.9 Å². The standard InChI is InChI=1S/C19H27NO4/c1-5-23-17-10-19(12-21,18(17,2)3)20-11-15-9-13-8-14(22-4)6-7-16(13)24-15/h6-9,17,20-21H,5,10-12H2,1-4H3/t17-,19-/m0/s1. The highest BCUT2D eigenvalue weighted by atomic mass is 16.5. The molecule has 0 radical (unpaired) electrons. The number of nitrogens with one attached hydrogen (secondary N) is 1. The summed E-state index contributed by atoms with van der Waals surface area (Å²) < 4.78 is 16.9. The van der Waals surface area contributed by atoms with E-state index in [0.29, 0.717) is 13.2 Å². The Morgan fingerprint density at radius 2 is 2.12 bits per heavy atom. The maximum atomic E-state index is 9.98. The summed E-state index contributed by atoms with van der Waals surface area (Å²) in [6.45, 7) is 7.64. The molecule has 2 aromatic rings. The summed E-state index contributed by atoms with van der Waals surface area (Å²) >= 11 is 0. The number of rotatable bonds is 7. The summed E-state index contributed by atoms with van der Waals surface area (Å²) in [5.41, 5.74) is 0.363. The Morgan fingerprint density at radius 1 is 1.33 bits per heavy atom. The highest BCUT2D eigenvalue weighted by molar-refractivity contribution is 5.79. The molecule has 0 bridgehead atoms. The lowest BCUT2D eigenvalue weighted by atomic mass is 9.54. The molecule has 1 heterocycles. The Labute approximate surface area is 142 Å². The van der Waals surface area contributed by atoms with Gasteiger partial charge in [-0.1, -0.05) is 13.8 Å². The molecule has 5 heteroatoms. The van der Waals surface area contributed by atoms with Gasteiger partial charge in [0.2, 0.25) is 0 Å². The van der Waals surface area contributed by atoms with Crippen molar-refractivity contribution in [2.45, 2.75) is 45.4 Å². The van der Waals surface area contributed by atoms with E-state index in [1.807, 2.05) is 31.2 Å². The third kappa shape index (κ3) is 2.70. The van der Waals surface area contributed by atoms with E-state index < -0.39 is 0 Å². The average molecular weight is 333 g/mol.